The van der Waals surface area contributed by atoms with Crippen LogP contribution >= 0.6 is 0 Å². The number of benzene rings is 2. The molecule has 1 unspecified atom stereocenters. The summed E-state index contributed by atoms with van der Waals surface area (Å²) in [6.07, 6.45) is -0.467. The topological polar surface area (TPSA) is 80.6 Å². The lowest BCUT2D eigenvalue weighted by Crippen LogP contribution is -2.47. The first-order valence-electron chi connectivity index (χ1n) is 9.17. The summed E-state index contributed by atoms with van der Waals surface area (Å²) in [5, 5.41) is 0. The van der Waals surface area contributed by atoms with Crippen molar-refractivity contribution in [1.82, 2.24) is 10.9 Å². The van der Waals surface area contributed by atoms with Crippen LogP contribution in [0, 0.1) is 5.82 Å². The molecule has 0 fully saturated rings. The van der Waals surface area contributed by atoms with E-state index in [0.29, 0.717) is 12.2 Å². The second kappa shape index (κ2) is 9.54. The van der Waals surface area contributed by atoms with Crippen molar-refractivity contribution in [3.8, 4) is 17.1 Å². The summed E-state index contributed by atoms with van der Waals surface area (Å²) in [5.41, 5.74) is 5.55. The molecule has 29 heavy (non-hydrogen) atoms. The van der Waals surface area contributed by atoms with Gasteiger partial charge in [0.2, 0.25) is 5.91 Å². The third-order valence-electron chi connectivity index (χ3n) is 4.15. The maximum Gasteiger partial charge on any atom is 0.279 e. The summed E-state index contributed by atoms with van der Waals surface area (Å²) in [7, 11) is 0. The number of carbonyl (C=O) groups is 2. The second-order valence-corrected chi connectivity index (χ2v) is 6.36. The highest BCUT2D eigenvalue weighted by atomic mass is 19.1. The minimum atomic E-state index is -0.981. The smallest absolute Gasteiger partial charge is 0.279 e. The average molecular weight is 396 g/mol. The summed E-state index contributed by atoms with van der Waals surface area (Å²) in [6.45, 7) is 1.46. The van der Waals surface area contributed by atoms with Gasteiger partial charge < -0.3 is 9.15 Å². The highest BCUT2D eigenvalue weighted by molar-refractivity contribution is 5.84. The first-order valence-corrected chi connectivity index (χ1v) is 9.17. The van der Waals surface area contributed by atoms with Crippen molar-refractivity contribution < 1.29 is 23.1 Å². The fourth-order valence-corrected chi connectivity index (χ4v) is 2.59. The molecule has 1 aromatic heterocycles. The largest absolute Gasteiger partial charge is 0.478 e. The second-order valence-electron chi connectivity index (χ2n) is 6.36. The Kier molecular flexibility index (Phi) is 6.63. The fraction of sp³-hybridized carbons (Fsp3) is 0.182. The van der Waals surface area contributed by atoms with Crippen LogP contribution in [0.5, 0.6) is 5.75 Å². The van der Waals surface area contributed by atoms with Crippen molar-refractivity contribution in [3.63, 3.8) is 0 Å². The Bertz CT molecular complexity index is 972. The number of carbonyl (C=O) groups excluding carboxylic acids is 2. The number of hydrogen-bond acceptors (Lipinski definition) is 4. The quantitative estimate of drug-likeness (QED) is 0.598. The molecule has 2 aromatic carbocycles. The fourth-order valence-electron chi connectivity index (χ4n) is 2.59. The van der Waals surface area contributed by atoms with E-state index in [1.54, 1.807) is 6.07 Å². The monoisotopic (exact) mass is 396 g/mol. The van der Waals surface area contributed by atoms with Gasteiger partial charge in [-0.05, 0) is 31.2 Å². The van der Waals surface area contributed by atoms with Crippen LogP contribution in [0.15, 0.2) is 71.1 Å². The van der Waals surface area contributed by atoms with Gasteiger partial charge in [0.05, 0.1) is 0 Å². The van der Waals surface area contributed by atoms with E-state index >= 15 is 0 Å². The molecule has 3 aromatic rings. The molecule has 0 saturated heterocycles. The van der Waals surface area contributed by atoms with Crippen molar-refractivity contribution in [2.45, 2.75) is 25.9 Å². The minimum Gasteiger partial charge on any atom is -0.478 e. The summed E-state index contributed by atoms with van der Waals surface area (Å²) in [5.74, 6) is -0.173. The highest BCUT2D eigenvalue weighted by Crippen LogP contribution is 2.22. The number of aryl methyl sites for hydroxylation is 1. The van der Waals surface area contributed by atoms with Gasteiger partial charge >= 0.3 is 0 Å². The van der Waals surface area contributed by atoms with Crippen molar-refractivity contribution >= 4 is 11.8 Å². The maximum absolute atomic E-state index is 13.6. The molecule has 3 rings (SSSR count). The van der Waals surface area contributed by atoms with Crippen LogP contribution in [-0.4, -0.2) is 17.9 Å². The number of furan rings is 1. The van der Waals surface area contributed by atoms with Gasteiger partial charge in [-0.3, -0.25) is 20.4 Å². The van der Waals surface area contributed by atoms with Gasteiger partial charge in [0, 0.05) is 18.4 Å². The van der Waals surface area contributed by atoms with E-state index in [4.69, 9.17) is 9.15 Å². The van der Waals surface area contributed by atoms with Crippen LogP contribution < -0.4 is 15.6 Å². The zero-order chi connectivity index (χ0) is 20.6. The molecule has 0 aliphatic rings. The van der Waals surface area contributed by atoms with Crippen molar-refractivity contribution in [3.05, 3.63) is 78.3 Å². The van der Waals surface area contributed by atoms with Gasteiger partial charge in [-0.15, -0.1) is 0 Å². The first kappa shape index (κ1) is 20.1. The van der Waals surface area contributed by atoms with Gasteiger partial charge in [-0.2, -0.15) is 0 Å². The minimum absolute atomic E-state index is 0.0338. The molecule has 150 valence electrons. The van der Waals surface area contributed by atoms with Crippen LogP contribution in [0.3, 0.4) is 0 Å². The number of rotatable bonds is 7. The number of hydrogen-bond donors (Lipinski definition) is 2. The molecule has 2 N–H and O–H groups in total. The summed E-state index contributed by atoms with van der Waals surface area (Å²) >= 11 is 0. The number of hydrazine groups is 1. The highest BCUT2D eigenvalue weighted by Gasteiger charge is 2.17. The Morgan fingerprint density at radius 3 is 2.48 bits per heavy atom. The molecule has 0 bridgehead atoms. The average Bonchev–Trinajstić information content (AvgIpc) is 3.22. The molecule has 6 nitrogen and oxygen atoms in total. The summed E-state index contributed by atoms with van der Waals surface area (Å²) in [4.78, 5) is 24.0. The Balaban J connectivity index is 1.42. The molecule has 0 radical (unpaired) electrons. The number of para-hydroxylation sites is 1. The van der Waals surface area contributed by atoms with Crippen LogP contribution in [0.1, 0.15) is 19.1 Å². The van der Waals surface area contributed by atoms with Crippen LogP contribution in [0.2, 0.25) is 0 Å². The summed E-state index contributed by atoms with van der Waals surface area (Å²) < 4.78 is 24.6. The van der Waals surface area contributed by atoms with Gasteiger partial charge in [-0.1, -0.05) is 42.5 Å². The zero-order valence-electron chi connectivity index (χ0n) is 15.9. The third-order valence-corrected chi connectivity index (χ3v) is 4.15. The van der Waals surface area contributed by atoms with Gasteiger partial charge in [-0.25, -0.2) is 4.39 Å². The van der Waals surface area contributed by atoms with Gasteiger partial charge in [0.1, 0.15) is 11.5 Å². The maximum atomic E-state index is 13.6. The summed E-state index contributed by atoms with van der Waals surface area (Å²) in [6, 6.07) is 19.1. The van der Waals surface area contributed by atoms with E-state index in [0.717, 1.165) is 11.3 Å². The number of ether oxygens (including phenoxy) is 1. The van der Waals surface area contributed by atoms with E-state index < -0.39 is 17.8 Å². The number of nitrogens with one attached hydrogen (secondary N) is 2. The Morgan fingerprint density at radius 1 is 1.00 bits per heavy atom. The lowest BCUT2D eigenvalue weighted by Gasteiger charge is -2.15. The lowest BCUT2D eigenvalue weighted by molar-refractivity contribution is -0.132. The van der Waals surface area contributed by atoms with Gasteiger partial charge in [0.25, 0.3) is 5.91 Å². The molecule has 0 spiro atoms. The SMILES string of the molecule is CC(Oc1ccccc1F)C(=O)NNC(=O)CCc1ccc(-c2ccccc2)o1. The molecular weight excluding hydrogens is 375 g/mol. The molecule has 1 atom stereocenters. The molecule has 2 amide bonds. The predicted molar refractivity (Wildman–Crippen MR) is 105 cm³/mol. The van der Waals surface area contributed by atoms with E-state index in [-0.39, 0.29) is 18.1 Å². The molecule has 1 heterocycles. The molecule has 0 aliphatic carbocycles. The van der Waals surface area contributed by atoms with E-state index in [1.807, 2.05) is 42.5 Å². The predicted octanol–water partition coefficient (Wildman–Crippen LogP) is 3.63. The zero-order valence-corrected chi connectivity index (χ0v) is 15.9. The molecule has 0 aliphatic heterocycles. The van der Waals surface area contributed by atoms with Gasteiger partial charge in [0.15, 0.2) is 17.7 Å². The third kappa shape index (κ3) is 5.68. The van der Waals surface area contributed by atoms with E-state index in [9.17, 15) is 14.0 Å². The van der Waals surface area contributed by atoms with Crippen LogP contribution in [0.4, 0.5) is 4.39 Å². The van der Waals surface area contributed by atoms with E-state index in [2.05, 4.69) is 10.9 Å². The number of halogens is 1. The standard InChI is InChI=1S/C22H21FN2O4/c1-15(28-20-10-6-5-9-18(20)23)22(27)25-24-21(26)14-12-17-11-13-19(29-17)16-7-3-2-4-8-16/h2-11,13,15H,12,14H2,1H3,(H,24,26)(H,25,27). The number of amides is 2. The van der Waals surface area contributed by atoms with Crippen molar-refractivity contribution in [1.29, 1.82) is 0 Å². The van der Waals surface area contributed by atoms with E-state index in [1.165, 1.54) is 25.1 Å². The molecule has 0 saturated carbocycles. The lowest BCUT2D eigenvalue weighted by atomic mass is 10.2. The molecule has 7 heteroatoms. The van der Waals surface area contributed by atoms with Crippen molar-refractivity contribution in [2.75, 3.05) is 0 Å². The Hall–Kier alpha value is -3.61. The van der Waals surface area contributed by atoms with Crippen molar-refractivity contribution in [2.24, 2.45) is 0 Å². The van der Waals surface area contributed by atoms with Crippen LogP contribution in [-0.2, 0) is 16.0 Å². The first-order chi connectivity index (χ1) is 14.0. The molecular formula is C22H21FN2O4. The normalized spacial score (nSPS) is 11.5. The van der Waals surface area contributed by atoms with Crippen LogP contribution in [0.25, 0.3) is 11.3 Å². The Labute approximate surface area is 167 Å². The Morgan fingerprint density at radius 2 is 1.72 bits per heavy atom.